The summed E-state index contributed by atoms with van der Waals surface area (Å²) in [4.78, 5) is 30.7. The summed E-state index contributed by atoms with van der Waals surface area (Å²) in [7, 11) is 2.87. The second kappa shape index (κ2) is 6.84. The van der Waals surface area contributed by atoms with E-state index in [-0.39, 0.29) is 11.5 Å². The topological polar surface area (TPSA) is 81.9 Å². The molecular formula is C17H18N2O5. The van der Waals surface area contributed by atoms with Crippen LogP contribution in [0.4, 0.5) is 0 Å². The fourth-order valence-electron chi connectivity index (χ4n) is 2.74. The standard InChI is InChI=1S/C17H18N2O5/c1-22-10-15-18-13-9-19(8-7-14(13)24-15)16(20)11-5-3-4-6-12(11)17(21)23-2/h3-6H,7-10H2,1-2H3. The third-order valence-electron chi connectivity index (χ3n) is 3.89. The number of esters is 1. The number of amides is 1. The molecule has 0 bridgehead atoms. The molecule has 1 aliphatic rings. The second-order valence-electron chi connectivity index (χ2n) is 5.42. The molecule has 0 radical (unpaired) electrons. The Morgan fingerprint density at radius 2 is 2.00 bits per heavy atom. The zero-order chi connectivity index (χ0) is 17.1. The summed E-state index contributed by atoms with van der Waals surface area (Å²) in [5, 5.41) is 0. The summed E-state index contributed by atoms with van der Waals surface area (Å²) >= 11 is 0. The quantitative estimate of drug-likeness (QED) is 0.795. The molecule has 0 aliphatic carbocycles. The number of fused-ring (bicyclic) bond motifs is 1. The van der Waals surface area contributed by atoms with Gasteiger partial charge in [0.15, 0.2) is 0 Å². The molecule has 24 heavy (non-hydrogen) atoms. The highest BCUT2D eigenvalue weighted by atomic mass is 16.5. The van der Waals surface area contributed by atoms with Gasteiger partial charge in [-0.05, 0) is 12.1 Å². The SMILES string of the molecule is COCc1nc2c(o1)CCN(C(=O)c1ccccc1C(=O)OC)C2. The lowest BCUT2D eigenvalue weighted by Crippen LogP contribution is -2.36. The van der Waals surface area contributed by atoms with Gasteiger partial charge in [0.25, 0.3) is 5.91 Å². The van der Waals surface area contributed by atoms with Crippen molar-refractivity contribution in [2.45, 2.75) is 19.6 Å². The van der Waals surface area contributed by atoms with Crippen LogP contribution in [-0.4, -0.2) is 42.5 Å². The fourth-order valence-corrected chi connectivity index (χ4v) is 2.74. The van der Waals surface area contributed by atoms with Crippen LogP contribution in [0.25, 0.3) is 0 Å². The number of rotatable bonds is 4. The smallest absolute Gasteiger partial charge is 0.338 e. The maximum Gasteiger partial charge on any atom is 0.338 e. The molecule has 0 saturated heterocycles. The lowest BCUT2D eigenvalue weighted by Gasteiger charge is -2.26. The monoisotopic (exact) mass is 330 g/mol. The van der Waals surface area contributed by atoms with Crippen molar-refractivity contribution < 1.29 is 23.5 Å². The molecule has 1 aromatic heterocycles. The van der Waals surface area contributed by atoms with Crippen LogP contribution in [0.2, 0.25) is 0 Å². The molecule has 1 aliphatic heterocycles. The number of ether oxygens (including phenoxy) is 2. The number of carbonyl (C=O) groups is 2. The van der Waals surface area contributed by atoms with E-state index in [4.69, 9.17) is 13.9 Å². The zero-order valence-electron chi connectivity index (χ0n) is 13.6. The molecule has 1 amide bonds. The molecule has 7 nitrogen and oxygen atoms in total. The van der Waals surface area contributed by atoms with Crippen LogP contribution in [0.15, 0.2) is 28.7 Å². The number of nitrogens with zero attached hydrogens (tertiary/aromatic N) is 2. The molecule has 7 heteroatoms. The third kappa shape index (κ3) is 3.03. The minimum Gasteiger partial charge on any atom is -0.465 e. The van der Waals surface area contributed by atoms with Crippen LogP contribution < -0.4 is 0 Å². The Labute approximate surface area is 139 Å². The van der Waals surface area contributed by atoms with Gasteiger partial charge in [0.1, 0.15) is 18.1 Å². The summed E-state index contributed by atoms with van der Waals surface area (Å²) < 4.78 is 15.4. The molecule has 0 saturated carbocycles. The highest BCUT2D eigenvalue weighted by Crippen LogP contribution is 2.23. The first-order valence-electron chi connectivity index (χ1n) is 7.57. The first kappa shape index (κ1) is 16.2. The maximum absolute atomic E-state index is 12.8. The van der Waals surface area contributed by atoms with Crippen LogP contribution >= 0.6 is 0 Å². The van der Waals surface area contributed by atoms with E-state index < -0.39 is 5.97 Å². The molecule has 0 N–H and O–H groups in total. The van der Waals surface area contributed by atoms with Crippen molar-refractivity contribution in [1.82, 2.24) is 9.88 Å². The maximum atomic E-state index is 12.8. The normalized spacial score (nSPS) is 13.5. The number of hydrogen-bond acceptors (Lipinski definition) is 6. The van der Waals surface area contributed by atoms with E-state index in [2.05, 4.69) is 4.98 Å². The number of carbonyl (C=O) groups excluding carboxylic acids is 2. The number of benzene rings is 1. The minimum atomic E-state index is -0.527. The van der Waals surface area contributed by atoms with Crippen LogP contribution in [0.1, 0.15) is 38.1 Å². The summed E-state index contributed by atoms with van der Waals surface area (Å²) in [6, 6.07) is 6.64. The molecule has 126 valence electrons. The van der Waals surface area contributed by atoms with Gasteiger partial charge in [0.2, 0.25) is 5.89 Å². The molecule has 0 unspecified atom stereocenters. The Morgan fingerprint density at radius 1 is 1.25 bits per heavy atom. The van der Waals surface area contributed by atoms with E-state index in [0.717, 1.165) is 11.5 Å². The van der Waals surface area contributed by atoms with Gasteiger partial charge < -0.3 is 18.8 Å². The highest BCUT2D eigenvalue weighted by molar-refractivity contribution is 6.05. The van der Waals surface area contributed by atoms with E-state index in [9.17, 15) is 9.59 Å². The van der Waals surface area contributed by atoms with Gasteiger partial charge >= 0.3 is 5.97 Å². The first-order chi connectivity index (χ1) is 11.6. The molecule has 0 atom stereocenters. The van der Waals surface area contributed by atoms with Crippen molar-refractivity contribution >= 4 is 11.9 Å². The van der Waals surface area contributed by atoms with E-state index >= 15 is 0 Å². The lowest BCUT2D eigenvalue weighted by atomic mass is 10.0. The van der Waals surface area contributed by atoms with Crippen LogP contribution in [0.3, 0.4) is 0 Å². The van der Waals surface area contributed by atoms with Crippen molar-refractivity contribution in [2.75, 3.05) is 20.8 Å². The first-order valence-corrected chi connectivity index (χ1v) is 7.57. The highest BCUT2D eigenvalue weighted by Gasteiger charge is 2.28. The third-order valence-corrected chi connectivity index (χ3v) is 3.89. The van der Waals surface area contributed by atoms with Crippen molar-refractivity contribution in [1.29, 1.82) is 0 Å². The van der Waals surface area contributed by atoms with E-state index in [1.54, 1.807) is 36.3 Å². The van der Waals surface area contributed by atoms with Gasteiger partial charge in [0.05, 0.1) is 24.8 Å². The molecule has 0 fully saturated rings. The van der Waals surface area contributed by atoms with Gasteiger partial charge in [-0.1, -0.05) is 12.1 Å². The number of hydrogen-bond donors (Lipinski definition) is 0. The van der Waals surface area contributed by atoms with Gasteiger partial charge in [0, 0.05) is 20.1 Å². The van der Waals surface area contributed by atoms with Crippen LogP contribution in [0.5, 0.6) is 0 Å². The summed E-state index contributed by atoms with van der Waals surface area (Å²) in [5.74, 6) is 0.539. The number of methoxy groups -OCH3 is 2. The Balaban J connectivity index is 1.83. The van der Waals surface area contributed by atoms with Crippen molar-refractivity contribution in [3.63, 3.8) is 0 Å². The van der Waals surface area contributed by atoms with Crippen molar-refractivity contribution in [3.05, 3.63) is 52.7 Å². The van der Waals surface area contributed by atoms with Crippen molar-refractivity contribution in [3.8, 4) is 0 Å². The van der Waals surface area contributed by atoms with E-state index in [0.29, 0.717) is 37.6 Å². The second-order valence-corrected chi connectivity index (χ2v) is 5.42. The number of oxazole rings is 1. The van der Waals surface area contributed by atoms with E-state index in [1.807, 2.05) is 0 Å². The minimum absolute atomic E-state index is 0.224. The Bertz CT molecular complexity index is 768. The lowest BCUT2D eigenvalue weighted by molar-refractivity contribution is 0.0588. The average Bonchev–Trinajstić information content (AvgIpc) is 3.02. The largest absolute Gasteiger partial charge is 0.465 e. The predicted octanol–water partition coefficient (Wildman–Crippen LogP) is 1.81. The van der Waals surface area contributed by atoms with Gasteiger partial charge in [-0.15, -0.1) is 0 Å². The van der Waals surface area contributed by atoms with Crippen LogP contribution in [0, 0.1) is 0 Å². The summed E-state index contributed by atoms with van der Waals surface area (Å²) in [6.45, 7) is 1.14. The van der Waals surface area contributed by atoms with Gasteiger partial charge in [-0.25, -0.2) is 9.78 Å². The average molecular weight is 330 g/mol. The van der Waals surface area contributed by atoms with Crippen molar-refractivity contribution in [2.24, 2.45) is 0 Å². The zero-order valence-corrected chi connectivity index (χ0v) is 13.6. The molecule has 1 aromatic carbocycles. The Morgan fingerprint density at radius 3 is 2.71 bits per heavy atom. The summed E-state index contributed by atoms with van der Waals surface area (Å²) in [6.07, 6.45) is 0.582. The molecule has 3 rings (SSSR count). The summed E-state index contributed by atoms with van der Waals surface area (Å²) in [5.41, 5.74) is 1.32. The van der Waals surface area contributed by atoms with Crippen LogP contribution in [-0.2, 0) is 29.0 Å². The fraction of sp³-hybridized carbons (Fsp3) is 0.353. The van der Waals surface area contributed by atoms with Gasteiger partial charge in [-0.2, -0.15) is 0 Å². The molecular weight excluding hydrogens is 312 g/mol. The number of aromatic nitrogens is 1. The Hall–Kier alpha value is -2.67. The predicted molar refractivity (Wildman–Crippen MR) is 83.4 cm³/mol. The van der Waals surface area contributed by atoms with Gasteiger partial charge in [-0.3, -0.25) is 4.79 Å². The molecule has 2 heterocycles. The molecule has 2 aromatic rings. The van der Waals surface area contributed by atoms with E-state index in [1.165, 1.54) is 7.11 Å². The molecule has 0 spiro atoms. The Kier molecular flexibility index (Phi) is 4.61.